The van der Waals surface area contributed by atoms with Gasteiger partial charge in [-0.3, -0.25) is 4.79 Å². The third-order valence-corrected chi connectivity index (χ3v) is 5.06. The molecule has 1 aliphatic heterocycles. The predicted molar refractivity (Wildman–Crippen MR) is 113 cm³/mol. The molecule has 7 heteroatoms. The van der Waals surface area contributed by atoms with Crippen LogP contribution in [-0.2, 0) is 6.42 Å². The van der Waals surface area contributed by atoms with Crippen LogP contribution in [0.3, 0.4) is 0 Å². The molecule has 3 aromatic rings. The Kier molecular flexibility index (Phi) is 5.46. The van der Waals surface area contributed by atoms with Gasteiger partial charge in [-0.15, -0.1) is 0 Å². The fourth-order valence-corrected chi connectivity index (χ4v) is 3.40. The molecular weight excluding hydrogens is 366 g/mol. The van der Waals surface area contributed by atoms with Crippen molar-refractivity contribution in [1.82, 2.24) is 14.9 Å². The van der Waals surface area contributed by atoms with Gasteiger partial charge >= 0.3 is 0 Å². The summed E-state index contributed by atoms with van der Waals surface area (Å²) >= 11 is 0. The molecule has 0 atom stereocenters. The van der Waals surface area contributed by atoms with E-state index >= 15 is 0 Å². The van der Waals surface area contributed by atoms with Crippen LogP contribution in [0.2, 0.25) is 0 Å². The monoisotopic (exact) mass is 391 g/mol. The standard InChI is InChI=1S/C22H25N5O2/c1-3-17-6-8-18(9-7-17)24-20-15-16(2)23-22(25-20)27-12-10-26(11-13-27)21(28)19-5-4-14-29-19/h4-9,14-15H,3,10-13H2,1-2H3,(H,23,24,25). The van der Waals surface area contributed by atoms with Gasteiger partial charge in [-0.1, -0.05) is 19.1 Å². The second-order valence-electron chi connectivity index (χ2n) is 7.13. The molecule has 1 aliphatic rings. The van der Waals surface area contributed by atoms with Gasteiger partial charge in [0, 0.05) is 43.6 Å². The van der Waals surface area contributed by atoms with Crippen LogP contribution in [0.25, 0.3) is 0 Å². The van der Waals surface area contributed by atoms with Gasteiger partial charge in [-0.05, 0) is 43.2 Å². The third-order valence-electron chi connectivity index (χ3n) is 5.06. The summed E-state index contributed by atoms with van der Waals surface area (Å²) in [5.74, 6) is 1.76. The molecule has 1 fully saturated rings. The Balaban J connectivity index is 1.43. The Morgan fingerprint density at radius 3 is 2.52 bits per heavy atom. The van der Waals surface area contributed by atoms with E-state index in [2.05, 4.69) is 46.4 Å². The highest BCUT2D eigenvalue weighted by molar-refractivity contribution is 5.91. The molecule has 4 rings (SSSR count). The number of piperazine rings is 1. The molecule has 0 bridgehead atoms. The number of nitrogens with zero attached hydrogens (tertiary/aromatic N) is 4. The van der Waals surface area contributed by atoms with Crippen molar-refractivity contribution in [2.45, 2.75) is 20.3 Å². The van der Waals surface area contributed by atoms with Crippen LogP contribution in [0.4, 0.5) is 17.5 Å². The van der Waals surface area contributed by atoms with E-state index in [4.69, 9.17) is 9.40 Å². The number of hydrogen-bond donors (Lipinski definition) is 1. The van der Waals surface area contributed by atoms with Crippen LogP contribution in [0.1, 0.15) is 28.7 Å². The summed E-state index contributed by atoms with van der Waals surface area (Å²) in [6.45, 7) is 6.69. The zero-order chi connectivity index (χ0) is 20.2. The van der Waals surface area contributed by atoms with Crippen LogP contribution < -0.4 is 10.2 Å². The second-order valence-corrected chi connectivity index (χ2v) is 7.13. The van der Waals surface area contributed by atoms with E-state index in [-0.39, 0.29) is 5.91 Å². The molecule has 0 radical (unpaired) electrons. The largest absolute Gasteiger partial charge is 0.459 e. The normalized spacial score (nSPS) is 14.1. The van der Waals surface area contributed by atoms with E-state index < -0.39 is 0 Å². The lowest BCUT2D eigenvalue weighted by Gasteiger charge is -2.34. The molecule has 1 amide bonds. The number of rotatable bonds is 5. The quantitative estimate of drug-likeness (QED) is 0.716. The first-order chi connectivity index (χ1) is 14.1. The molecular formula is C22H25N5O2. The highest BCUT2D eigenvalue weighted by Crippen LogP contribution is 2.20. The SMILES string of the molecule is CCc1ccc(Nc2cc(C)nc(N3CCN(C(=O)c4ccco4)CC3)n2)cc1. The van der Waals surface area contributed by atoms with Gasteiger partial charge in [0.2, 0.25) is 5.95 Å². The van der Waals surface area contributed by atoms with Gasteiger partial charge in [0.1, 0.15) is 5.82 Å². The molecule has 0 aliphatic carbocycles. The van der Waals surface area contributed by atoms with Gasteiger partial charge < -0.3 is 19.5 Å². The number of furan rings is 1. The molecule has 0 unspecified atom stereocenters. The van der Waals surface area contributed by atoms with E-state index in [1.165, 1.54) is 11.8 Å². The number of nitrogens with one attached hydrogen (secondary N) is 1. The van der Waals surface area contributed by atoms with Crippen molar-refractivity contribution in [3.8, 4) is 0 Å². The summed E-state index contributed by atoms with van der Waals surface area (Å²) in [6, 6.07) is 13.7. The number of aryl methyl sites for hydroxylation is 2. The van der Waals surface area contributed by atoms with Crippen molar-refractivity contribution < 1.29 is 9.21 Å². The number of aromatic nitrogens is 2. The molecule has 1 N–H and O–H groups in total. The minimum Gasteiger partial charge on any atom is -0.459 e. The number of carbonyl (C=O) groups is 1. The first-order valence-electron chi connectivity index (χ1n) is 9.92. The van der Waals surface area contributed by atoms with Crippen molar-refractivity contribution in [3.05, 3.63) is 65.7 Å². The lowest BCUT2D eigenvalue weighted by atomic mass is 10.1. The van der Waals surface area contributed by atoms with Crippen LogP contribution in [-0.4, -0.2) is 47.0 Å². The highest BCUT2D eigenvalue weighted by Gasteiger charge is 2.25. The van der Waals surface area contributed by atoms with Crippen LogP contribution in [0, 0.1) is 6.92 Å². The zero-order valence-corrected chi connectivity index (χ0v) is 16.8. The van der Waals surface area contributed by atoms with Gasteiger partial charge in [0.25, 0.3) is 5.91 Å². The second kappa shape index (κ2) is 8.34. The molecule has 3 heterocycles. The lowest BCUT2D eigenvalue weighted by Crippen LogP contribution is -2.49. The van der Waals surface area contributed by atoms with E-state index in [1.807, 2.05) is 13.0 Å². The topological polar surface area (TPSA) is 74.5 Å². The molecule has 1 saturated heterocycles. The fraction of sp³-hybridized carbons (Fsp3) is 0.318. The minimum atomic E-state index is -0.0716. The smallest absolute Gasteiger partial charge is 0.289 e. The Labute approximate surface area is 170 Å². The maximum atomic E-state index is 12.4. The fourth-order valence-electron chi connectivity index (χ4n) is 3.40. The Morgan fingerprint density at radius 2 is 1.86 bits per heavy atom. The van der Waals surface area contributed by atoms with E-state index in [0.29, 0.717) is 37.9 Å². The molecule has 29 heavy (non-hydrogen) atoms. The maximum absolute atomic E-state index is 12.4. The predicted octanol–water partition coefficient (Wildman–Crippen LogP) is 3.65. The van der Waals surface area contributed by atoms with E-state index in [0.717, 1.165) is 23.6 Å². The zero-order valence-electron chi connectivity index (χ0n) is 16.8. The number of hydrogen-bond acceptors (Lipinski definition) is 6. The number of carbonyl (C=O) groups excluding carboxylic acids is 1. The van der Waals surface area contributed by atoms with Crippen LogP contribution in [0.15, 0.2) is 53.1 Å². The molecule has 0 saturated carbocycles. The Morgan fingerprint density at radius 1 is 1.10 bits per heavy atom. The van der Waals surface area contributed by atoms with Crippen molar-refractivity contribution in [3.63, 3.8) is 0 Å². The van der Waals surface area contributed by atoms with Gasteiger partial charge in [0.05, 0.1) is 6.26 Å². The summed E-state index contributed by atoms with van der Waals surface area (Å²) in [4.78, 5) is 25.6. The van der Waals surface area contributed by atoms with Crippen molar-refractivity contribution in [2.75, 3.05) is 36.4 Å². The van der Waals surface area contributed by atoms with Crippen molar-refractivity contribution in [1.29, 1.82) is 0 Å². The van der Waals surface area contributed by atoms with Crippen molar-refractivity contribution in [2.24, 2.45) is 0 Å². The molecule has 1 aromatic carbocycles. The Hall–Kier alpha value is -3.35. The average Bonchev–Trinajstić information content (AvgIpc) is 3.28. The summed E-state index contributed by atoms with van der Waals surface area (Å²) in [5, 5.41) is 3.37. The van der Waals surface area contributed by atoms with Crippen LogP contribution >= 0.6 is 0 Å². The summed E-state index contributed by atoms with van der Waals surface area (Å²) in [5.41, 5.74) is 3.20. The third kappa shape index (κ3) is 4.39. The van der Waals surface area contributed by atoms with Crippen LogP contribution in [0.5, 0.6) is 0 Å². The van der Waals surface area contributed by atoms with Gasteiger partial charge in [0.15, 0.2) is 5.76 Å². The number of anilines is 3. The summed E-state index contributed by atoms with van der Waals surface area (Å²) < 4.78 is 5.22. The first kappa shape index (κ1) is 19.0. The minimum absolute atomic E-state index is 0.0716. The maximum Gasteiger partial charge on any atom is 0.289 e. The summed E-state index contributed by atoms with van der Waals surface area (Å²) in [7, 11) is 0. The Bertz CT molecular complexity index is 961. The molecule has 7 nitrogen and oxygen atoms in total. The highest BCUT2D eigenvalue weighted by atomic mass is 16.3. The van der Waals surface area contributed by atoms with E-state index in [9.17, 15) is 4.79 Å². The van der Waals surface area contributed by atoms with Gasteiger partial charge in [-0.2, -0.15) is 4.98 Å². The average molecular weight is 391 g/mol. The van der Waals surface area contributed by atoms with E-state index in [1.54, 1.807) is 17.0 Å². The molecule has 0 spiro atoms. The summed E-state index contributed by atoms with van der Waals surface area (Å²) in [6.07, 6.45) is 2.54. The number of benzene rings is 1. The first-order valence-corrected chi connectivity index (χ1v) is 9.92. The molecule has 2 aromatic heterocycles. The lowest BCUT2D eigenvalue weighted by molar-refractivity contribution is 0.0714. The van der Waals surface area contributed by atoms with Gasteiger partial charge in [-0.25, -0.2) is 4.98 Å². The number of amides is 1. The van der Waals surface area contributed by atoms with Crippen molar-refractivity contribution >= 4 is 23.4 Å². The molecule has 150 valence electrons.